The van der Waals surface area contributed by atoms with E-state index in [2.05, 4.69) is 24.3 Å². The molecular formula is C16H20ClNO. The molecule has 0 fully saturated rings. The molecule has 2 aromatic carbocycles. The summed E-state index contributed by atoms with van der Waals surface area (Å²) >= 11 is 0. The van der Waals surface area contributed by atoms with Gasteiger partial charge >= 0.3 is 0 Å². The average molecular weight is 278 g/mol. The van der Waals surface area contributed by atoms with E-state index in [1.165, 1.54) is 5.56 Å². The molecule has 0 heterocycles. The summed E-state index contributed by atoms with van der Waals surface area (Å²) in [5.41, 5.74) is 6.97. The maximum Gasteiger partial charge on any atom is 0.119 e. The third-order valence-electron chi connectivity index (χ3n) is 2.98. The first-order valence-electron chi connectivity index (χ1n) is 6.33. The van der Waals surface area contributed by atoms with Gasteiger partial charge < -0.3 is 10.5 Å². The van der Waals surface area contributed by atoms with Crippen molar-refractivity contribution in [1.82, 2.24) is 0 Å². The fourth-order valence-corrected chi connectivity index (χ4v) is 1.99. The highest BCUT2D eigenvalue weighted by molar-refractivity contribution is 5.85. The van der Waals surface area contributed by atoms with Crippen molar-refractivity contribution in [3.63, 3.8) is 0 Å². The van der Waals surface area contributed by atoms with Crippen molar-refractivity contribution in [3.05, 3.63) is 66.2 Å². The zero-order valence-corrected chi connectivity index (χ0v) is 11.7. The van der Waals surface area contributed by atoms with Gasteiger partial charge in [-0.25, -0.2) is 0 Å². The first-order valence-corrected chi connectivity index (χ1v) is 6.33. The van der Waals surface area contributed by atoms with E-state index >= 15 is 0 Å². The molecule has 102 valence electrons. The van der Waals surface area contributed by atoms with Crippen LogP contribution < -0.4 is 10.5 Å². The van der Waals surface area contributed by atoms with Crippen molar-refractivity contribution < 1.29 is 4.74 Å². The number of benzene rings is 2. The number of hydrogen-bond donors (Lipinski definition) is 1. The van der Waals surface area contributed by atoms with Gasteiger partial charge in [-0.1, -0.05) is 48.5 Å². The Morgan fingerprint density at radius 1 is 0.895 bits per heavy atom. The lowest BCUT2D eigenvalue weighted by molar-refractivity contribution is 0.283. The Bertz CT molecular complexity index is 447. The average Bonchev–Trinajstić information content (AvgIpc) is 2.45. The van der Waals surface area contributed by atoms with Gasteiger partial charge in [0.25, 0.3) is 0 Å². The molecule has 3 heteroatoms. The van der Waals surface area contributed by atoms with Crippen LogP contribution in [-0.4, -0.2) is 13.2 Å². The fraction of sp³-hybridized carbons (Fsp3) is 0.250. The van der Waals surface area contributed by atoms with E-state index in [9.17, 15) is 0 Å². The van der Waals surface area contributed by atoms with Crippen LogP contribution in [0.3, 0.4) is 0 Å². The second-order valence-electron chi connectivity index (χ2n) is 4.31. The molecule has 1 unspecified atom stereocenters. The predicted molar refractivity (Wildman–Crippen MR) is 82.0 cm³/mol. The number of para-hydroxylation sites is 1. The monoisotopic (exact) mass is 277 g/mol. The molecule has 2 N–H and O–H groups in total. The zero-order valence-electron chi connectivity index (χ0n) is 10.9. The highest BCUT2D eigenvalue weighted by Gasteiger charge is 2.11. The normalized spacial score (nSPS) is 11.4. The number of rotatable bonds is 6. The van der Waals surface area contributed by atoms with Crippen LogP contribution in [-0.2, 0) is 0 Å². The number of ether oxygens (including phenoxy) is 1. The minimum atomic E-state index is 0. The van der Waals surface area contributed by atoms with Crippen molar-refractivity contribution in [1.29, 1.82) is 0 Å². The molecule has 0 spiro atoms. The van der Waals surface area contributed by atoms with Gasteiger partial charge in [0.1, 0.15) is 5.75 Å². The van der Waals surface area contributed by atoms with Gasteiger partial charge in [-0.3, -0.25) is 0 Å². The van der Waals surface area contributed by atoms with E-state index in [4.69, 9.17) is 10.5 Å². The molecule has 0 aliphatic rings. The van der Waals surface area contributed by atoms with Gasteiger partial charge in [-0.15, -0.1) is 12.4 Å². The molecule has 2 rings (SSSR count). The lowest BCUT2D eigenvalue weighted by Gasteiger charge is -2.17. The van der Waals surface area contributed by atoms with Gasteiger partial charge in [0, 0.05) is 5.92 Å². The second kappa shape index (κ2) is 8.57. The minimum Gasteiger partial charge on any atom is -0.493 e. The van der Waals surface area contributed by atoms with Gasteiger partial charge in [0.15, 0.2) is 0 Å². The van der Waals surface area contributed by atoms with Crippen LogP contribution in [0.25, 0.3) is 0 Å². The lowest BCUT2D eigenvalue weighted by Crippen LogP contribution is -2.14. The Hall–Kier alpha value is -1.51. The molecule has 2 nitrogen and oxygen atoms in total. The summed E-state index contributed by atoms with van der Waals surface area (Å²) in [5, 5.41) is 0. The van der Waals surface area contributed by atoms with E-state index in [0.29, 0.717) is 19.1 Å². The zero-order chi connectivity index (χ0) is 12.6. The summed E-state index contributed by atoms with van der Waals surface area (Å²) in [6.07, 6.45) is 0.941. The van der Waals surface area contributed by atoms with Crippen LogP contribution in [0.5, 0.6) is 5.75 Å². The molecule has 19 heavy (non-hydrogen) atoms. The summed E-state index contributed by atoms with van der Waals surface area (Å²) in [6.45, 7) is 1.35. The third-order valence-corrected chi connectivity index (χ3v) is 2.98. The molecule has 0 aliphatic heterocycles. The quantitative estimate of drug-likeness (QED) is 0.875. The highest BCUT2D eigenvalue weighted by atomic mass is 35.5. The molecule has 2 aromatic rings. The molecule has 0 aliphatic carbocycles. The molecule has 1 atom stereocenters. The van der Waals surface area contributed by atoms with Crippen LogP contribution >= 0.6 is 12.4 Å². The summed E-state index contributed by atoms with van der Waals surface area (Å²) in [4.78, 5) is 0. The topological polar surface area (TPSA) is 35.2 Å². The molecular weight excluding hydrogens is 258 g/mol. The maximum absolute atomic E-state index is 5.82. The van der Waals surface area contributed by atoms with Gasteiger partial charge in [0.05, 0.1) is 6.61 Å². The molecule has 0 amide bonds. The van der Waals surface area contributed by atoms with Gasteiger partial charge in [-0.2, -0.15) is 0 Å². The summed E-state index contributed by atoms with van der Waals surface area (Å²) < 4.78 is 5.82. The van der Waals surface area contributed by atoms with E-state index in [1.54, 1.807) is 0 Å². The molecule has 0 saturated heterocycles. The lowest BCUT2D eigenvalue weighted by atomic mass is 9.97. The summed E-state index contributed by atoms with van der Waals surface area (Å²) in [5.74, 6) is 1.27. The van der Waals surface area contributed by atoms with E-state index in [1.807, 2.05) is 36.4 Å². The first kappa shape index (κ1) is 15.5. The van der Waals surface area contributed by atoms with Crippen molar-refractivity contribution >= 4 is 12.4 Å². The standard InChI is InChI=1S/C16H19NO.ClH/c17-12-11-15(14-7-3-1-4-8-14)13-18-16-9-5-2-6-10-16;/h1-10,15H,11-13,17H2;1H. The maximum atomic E-state index is 5.82. The van der Waals surface area contributed by atoms with Crippen LogP contribution in [0.4, 0.5) is 0 Å². The van der Waals surface area contributed by atoms with Gasteiger partial charge in [-0.05, 0) is 30.7 Å². The number of nitrogens with two attached hydrogens (primary N) is 1. The predicted octanol–water partition coefficient (Wildman–Crippen LogP) is 3.62. The van der Waals surface area contributed by atoms with Crippen molar-refractivity contribution in [2.45, 2.75) is 12.3 Å². The fourth-order valence-electron chi connectivity index (χ4n) is 1.99. The molecule has 0 radical (unpaired) electrons. The minimum absolute atomic E-state index is 0. The smallest absolute Gasteiger partial charge is 0.119 e. The Labute approximate surface area is 121 Å². The van der Waals surface area contributed by atoms with Crippen molar-refractivity contribution in [2.75, 3.05) is 13.2 Å². The van der Waals surface area contributed by atoms with Crippen LogP contribution in [0.1, 0.15) is 17.9 Å². The van der Waals surface area contributed by atoms with Crippen LogP contribution in [0.15, 0.2) is 60.7 Å². The van der Waals surface area contributed by atoms with Gasteiger partial charge in [0.2, 0.25) is 0 Å². The molecule has 0 aromatic heterocycles. The molecule has 0 bridgehead atoms. The second-order valence-corrected chi connectivity index (χ2v) is 4.31. The Kier molecular flexibility index (Phi) is 7.01. The number of hydrogen-bond acceptors (Lipinski definition) is 2. The van der Waals surface area contributed by atoms with E-state index in [0.717, 1.165) is 12.2 Å². The van der Waals surface area contributed by atoms with Crippen molar-refractivity contribution in [2.24, 2.45) is 5.73 Å². The van der Waals surface area contributed by atoms with Crippen LogP contribution in [0.2, 0.25) is 0 Å². The van der Waals surface area contributed by atoms with Crippen LogP contribution in [0, 0.1) is 0 Å². The Morgan fingerprint density at radius 3 is 2.05 bits per heavy atom. The van der Waals surface area contributed by atoms with Crippen molar-refractivity contribution in [3.8, 4) is 5.75 Å². The first-order chi connectivity index (χ1) is 8.90. The SMILES string of the molecule is Cl.NCCC(COc1ccccc1)c1ccccc1. The Morgan fingerprint density at radius 2 is 1.47 bits per heavy atom. The highest BCUT2D eigenvalue weighted by Crippen LogP contribution is 2.20. The summed E-state index contributed by atoms with van der Waals surface area (Å²) in [7, 11) is 0. The summed E-state index contributed by atoms with van der Waals surface area (Å²) in [6, 6.07) is 20.3. The third kappa shape index (κ3) is 4.93. The van der Waals surface area contributed by atoms with E-state index < -0.39 is 0 Å². The van der Waals surface area contributed by atoms with E-state index in [-0.39, 0.29) is 12.4 Å². The number of halogens is 1. The largest absolute Gasteiger partial charge is 0.493 e. The Balaban J connectivity index is 0.00000180. The molecule has 0 saturated carbocycles.